The lowest BCUT2D eigenvalue weighted by molar-refractivity contribution is -0.120. The fraction of sp³-hybridized carbons (Fsp3) is 0.333. The predicted octanol–water partition coefficient (Wildman–Crippen LogP) is 2.63. The largest absolute Gasteiger partial charge is 0.302 e. The summed E-state index contributed by atoms with van der Waals surface area (Å²) in [5.74, 6) is -0.295. The summed E-state index contributed by atoms with van der Waals surface area (Å²) in [6.45, 7) is 0.369. The molecule has 0 heterocycles. The summed E-state index contributed by atoms with van der Waals surface area (Å²) in [5.41, 5.74) is 1.10. The summed E-state index contributed by atoms with van der Waals surface area (Å²) in [5, 5.41) is 2.29. The molecule has 1 atom stereocenters. The van der Waals surface area contributed by atoms with Crippen molar-refractivity contribution in [3.8, 4) is 0 Å². The number of carbonyl (C=O) groups is 1. The monoisotopic (exact) mass is 282 g/mol. The van der Waals surface area contributed by atoms with Crippen LogP contribution in [-0.2, 0) is 16.0 Å². The maximum atomic E-state index is 11.9. The minimum absolute atomic E-state index is 0.0774. The first kappa shape index (κ1) is 15.4. The van der Waals surface area contributed by atoms with Gasteiger partial charge in [-0.3, -0.25) is 9.59 Å². The van der Waals surface area contributed by atoms with E-state index in [4.69, 9.17) is 0 Å². The molecule has 3 heteroatoms. The summed E-state index contributed by atoms with van der Waals surface area (Å²) >= 11 is 0. The van der Waals surface area contributed by atoms with Gasteiger partial charge in [0.2, 0.25) is 6.29 Å². The summed E-state index contributed by atoms with van der Waals surface area (Å²) in [7, 11) is 3.70. The van der Waals surface area contributed by atoms with Crippen LogP contribution in [-0.4, -0.2) is 37.6 Å². The molecule has 0 amide bonds. The number of benzene rings is 2. The predicted molar refractivity (Wildman–Crippen MR) is 85.0 cm³/mol. The first-order valence-electron chi connectivity index (χ1n) is 7.11. The zero-order chi connectivity index (χ0) is 15.2. The Kier molecular flexibility index (Phi) is 5.23. The van der Waals surface area contributed by atoms with E-state index in [1.807, 2.05) is 55.6 Å². The van der Waals surface area contributed by atoms with Gasteiger partial charge in [0.25, 0.3) is 0 Å². The summed E-state index contributed by atoms with van der Waals surface area (Å²) in [6.07, 6.45) is 2.84. The molecular weight excluding hydrogens is 262 g/mol. The fourth-order valence-corrected chi connectivity index (χ4v) is 2.58. The van der Waals surface area contributed by atoms with Crippen LogP contribution in [0.2, 0.25) is 0 Å². The second-order valence-corrected chi connectivity index (χ2v) is 5.64. The van der Waals surface area contributed by atoms with Crippen molar-refractivity contribution in [3.63, 3.8) is 0 Å². The quantitative estimate of drug-likeness (QED) is 0.783. The Labute approximate surface area is 125 Å². The number of likely N-dealkylation sites (N-methyl/N-ethyl adjacent to an activating group) is 1. The number of hydrogen-bond acceptors (Lipinski definition) is 3. The fourth-order valence-electron chi connectivity index (χ4n) is 2.58. The van der Waals surface area contributed by atoms with Crippen LogP contribution in [0.1, 0.15) is 12.0 Å². The molecule has 0 saturated carbocycles. The highest BCUT2D eigenvalue weighted by atomic mass is 16.1. The SMILES string of the molecule is CN(C)CC(=O)CC([C]=O)Cc1cccc2ccccc12. The summed E-state index contributed by atoms with van der Waals surface area (Å²) in [6, 6.07) is 14.1. The van der Waals surface area contributed by atoms with E-state index in [-0.39, 0.29) is 18.1 Å². The van der Waals surface area contributed by atoms with Crippen LogP contribution in [0.15, 0.2) is 42.5 Å². The molecule has 0 saturated heterocycles. The van der Waals surface area contributed by atoms with Crippen molar-refractivity contribution in [1.82, 2.24) is 4.90 Å². The van der Waals surface area contributed by atoms with Gasteiger partial charge in [-0.25, -0.2) is 0 Å². The van der Waals surface area contributed by atoms with Crippen LogP contribution in [0.5, 0.6) is 0 Å². The van der Waals surface area contributed by atoms with E-state index in [0.717, 1.165) is 16.3 Å². The highest BCUT2D eigenvalue weighted by molar-refractivity contribution is 5.86. The van der Waals surface area contributed by atoms with Gasteiger partial charge < -0.3 is 4.90 Å². The van der Waals surface area contributed by atoms with Crippen molar-refractivity contribution >= 4 is 22.8 Å². The Bertz CT molecular complexity index is 629. The molecule has 0 aromatic heterocycles. The standard InChI is InChI=1S/C18H20NO2/c1-19(2)12-17(21)11-14(13-20)10-16-8-5-7-15-6-3-4-9-18(15)16/h3-9,14H,10-12H2,1-2H3. The maximum Gasteiger partial charge on any atom is 0.202 e. The lowest BCUT2D eigenvalue weighted by Gasteiger charge is -2.13. The number of rotatable bonds is 7. The van der Waals surface area contributed by atoms with Crippen molar-refractivity contribution in [2.45, 2.75) is 12.8 Å². The Morgan fingerprint density at radius 1 is 1.14 bits per heavy atom. The Hall–Kier alpha value is -2.00. The number of nitrogens with zero attached hydrogens (tertiary/aromatic N) is 1. The summed E-state index contributed by atoms with van der Waals surface area (Å²) in [4.78, 5) is 24.9. The molecule has 0 aliphatic heterocycles. The van der Waals surface area contributed by atoms with Gasteiger partial charge in [0, 0.05) is 12.3 Å². The van der Waals surface area contributed by atoms with Crippen molar-refractivity contribution in [1.29, 1.82) is 0 Å². The van der Waals surface area contributed by atoms with Gasteiger partial charge in [-0.1, -0.05) is 42.5 Å². The lowest BCUT2D eigenvalue weighted by atomic mass is 9.92. The van der Waals surface area contributed by atoms with E-state index in [9.17, 15) is 9.59 Å². The lowest BCUT2D eigenvalue weighted by Crippen LogP contribution is -2.24. The average molecular weight is 282 g/mol. The molecule has 0 spiro atoms. The second kappa shape index (κ2) is 7.14. The van der Waals surface area contributed by atoms with E-state index in [1.165, 1.54) is 0 Å². The molecule has 1 unspecified atom stereocenters. The highest BCUT2D eigenvalue weighted by Gasteiger charge is 2.16. The van der Waals surface area contributed by atoms with E-state index >= 15 is 0 Å². The number of hydrogen-bond donors (Lipinski definition) is 0. The number of ketones is 1. The molecular formula is C18H20NO2. The minimum Gasteiger partial charge on any atom is -0.302 e. The van der Waals surface area contributed by atoms with Gasteiger partial charge in [0.15, 0.2) is 0 Å². The van der Waals surface area contributed by atoms with Crippen LogP contribution in [0.3, 0.4) is 0 Å². The zero-order valence-electron chi connectivity index (χ0n) is 12.5. The van der Waals surface area contributed by atoms with Gasteiger partial charge in [0.05, 0.1) is 6.54 Å². The first-order chi connectivity index (χ1) is 10.1. The average Bonchev–Trinajstić information content (AvgIpc) is 2.46. The van der Waals surface area contributed by atoms with Crippen LogP contribution >= 0.6 is 0 Å². The highest BCUT2D eigenvalue weighted by Crippen LogP contribution is 2.22. The number of Topliss-reactive ketones (excluding diaryl/α,β-unsaturated/α-hetero) is 1. The normalized spacial score (nSPS) is 12.5. The molecule has 0 fully saturated rings. The van der Waals surface area contributed by atoms with Gasteiger partial charge in [-0.05, 0) is 36.9 Å². The minimum atomic E-state index is -0.372. The topological polar surface area (TPSA) is 37.4 Å². The molecule has 0 N–H and O–H groups in total. The molecule has 2 aromatic rings. The molecule has 0 bridgehead atoms. The van der Waals surface area contributed by atoms with Gasteiger partial charge in [-0.15, -0.1) is 0 Å². The second-order valence-electron chi connectivity index (χ2n) is 5.64. The van der Waals surface area contributed by atoms with E-state index in [0.29, 0.717) is 13.0 Å². The first-order valence-corrected chi connectivity index (χ1v) is 7.11. The van der Waals surface area contributed by atoms with Crippen LogP contribution in [0.4, 0.5) is 0 Å². The molecule has 0 aliphatic rings. The molecule has 2 aromatic carbocycles. The van der Waals surface area contributed by atoms with Crippen molar-refractivity contribution in [2.24, 2.45) is 5.92 Å². The van der Waals surface area contributed by atoms with Crippen LogP contribution in [0, 0.1) is 5.92 Å². The zero-order valence-corrected chi connectivity index (χ0v) is 12.5. The van der Waals surface area contributed by atoms with Crippen molar-refractivity contribution in [3.05, 3.63) is 48.0 Å². The smallest absolute Gasteiger partial charge is 0.202 e. The van der Waals surface area contributed by atoms with Crippen molar-refractivity contribution < 1.29 is 9.59 Å². The third-order valence-corrected chi connectivity index (χ3v) is 3.48. The maximum absolute atomic E-state index is 11.9. The molecule has 1 radical (unpaired) electrons. The third kappa shape index (κ3) is 4.23. The molecule has 21 heavy (non-hydrogen) atoms. The summed E-state index contributed by atoms with van der Waals surface area (Å²) < 4.78 is 0. The van der Waals surface area contributed by atoms with E-state index in [2.05, 4.69) is 12.1 Å². The van der Waals surface area contributed by atoms with Crippen LogP contribution in [0.25, 0.3) is 10.8 Å². The van der Waals surface area contributed by atoms with Gasteiger partial charge >= 0.3 is 0 Å². The molecule has 3 nitrogen and oxygen atoms in total. The van der Waals surface area contributed by atoms with Gasteiger partial charge in [0.1, 0.15) is 5.78 Å². The Morgan fingerprint density at radius 3 is 2.57 bits per heavy atom. The van der Waals surface area contributed by atoms with E-state index in [1.54, 1.807) is 0 Å². The van der Waals surface area contributed by atoms with Gasteiger partial charge in [-0.2, -0.15) is 0 Å². The Morgan fingerprint density at radius 2 is 1.86 bits per heavy atom. The number of carbonyl (C=O) groups excluding carboxylic acids is 2. The third-order valence-electron chi connectivity index (χ3n) is 3.48. The van der Waals surface area contributed by atoms with Crippen LogP contribution < -0.4 is 0 Å². The Balaban J connectivity index is 2.14. The molecule has 2 rings (SSSR count). The molecule has 109 valence electrons. The molecule has 0 aliphatic carbocycles. The number of fused-ring (bicyclic) bond motifs is 1. The van der Waals surface area contributed by atoms with E-state index < -0.39 is 0 Å². The van der Waals surface area contributed by atoms with Crippen molar-refractivity contribution in [2.75, 3.05) is 20.6 Å².